The molecular weight excluding hydrogens is 282 g/mol. The smallest absolute Gasteiger partial charge is 0.168 e. The number of hydrogen-bond acceptors (Lipinski definition) is 4. The van der Waals surface area contributed by atoms with Gasteiger partial charge in [-0.15, -0.1) is 11.8 Å². The lowest BCUT2D eigenvalue weighted by atomic mass is 10.2. The fraction of sp³-hybridized carbons (Fsp3) is 0.571. The largest absolute Gasteiger partial charge is 0.399 e. The van der Waals surface area contributed by atoms with Crippen LogP contribution in [0.2, 0.25) is 5.02 Å². The number of nitrogen functional groups attached to an aromatic ring is 1. The molecule has 1 unspecified atom stereocenters. The topological polar surface area (TPSA) is 44.5 Å². The first-order valence-corrected chi connectivity index (χ1v) is 8.03. The number of rotatable bonds is 3. The van der Waals surface area contributed by atoms with Crippen molar-refractivity contribution in [3.8, 4) is 0 Å². The van der Waals surface area contributed by atoms with Gasteiger partial charge in [-0.05, 0) is 31.0 Å². The van der Waals surface area contributed by atoms with Crippen molar-refractivity contribution >= 4 is 29.1 Å². The minimum absolute atomic E-state index is 0.164. The van der Waals surface area contributed by atoms with Crippen LogP contribution in [0.3, 0.4) is 0 Å². The summed E-state index contributed by atoms with van der Waals surface area (Å²) in [5.74, 6) is 0.599. The highest BCUT2D eigenvalue weighted by atomic mass is 35.5. The Morgan fingerprint density at radius 2 is 2.16 bits per heavy atom. The molecule has 1 aromatic carbocycles. The van der Waals surface area contributed by atoms with Gasteiger partial charge in [0.05, 0.1) is 17.7 Å². The Kier molecular flexibility index (Phi) is 3.94. The molecule has 1 heterocycles. The third kappa shape index (κ3) is 3.02. The van der Waals surface area contributed by atoms with Crippen molar-refractivity contribution in [2.45, 2.75) is 42.5 Å². The van der Waals surface area contributed by atoms with E-state index in [1.54, 1.807) is 17.8 Å². The van der Waals surface area contributed by atoms with Crippen LogP contribution in [0.25, 0.3) is 0 Å². The highest BCUT2D eigenvalue weighted by molar-refractivity contribution is 7.99. The monoisotopic (exact) mass is 299 g/mol. The van der Waals surface area contributed by atoms with E-state index >= 15 is 0 Å². The van der Waals surface area contributed by atoms with Gasteiger partial charge in [-0.25, -0.2) is 0 Å². The number of anilines is 1. The maximum atomic E-state index is 6.16. The van der Waals surface area contributed by atoms with Gasteiger partial charge >= 0.3 is 0 Å². The van der Waals surface area contributed by atoms with Crippen molar-refractivity contribution in [2.24, 2.45) is 0 Å². The molecule has 2 aliphatic rings. The van der Waals surface area contributed by atoms with E-state index in [2.05, 4.69) is 0 Å². The maximum Gasteiger partial charge on any atom is 0.168 e. The maximum absolute atomic E-state index is 6.16. The molecule has 1 aliphatic carbocycles. The molecule has 1 aromatic rings. The Morgan fingerprint density at radius 3 is 2.89 bits per heavy atom. The van der Waals surface area contributed by atoms with Gasteiger partial charge in [-0.2, -0.15) is 0 Å². The third-order valence-corrected chi connectivity index (χ3v) is 5.29. The fourth-order valence-corrected chi connectivity index (χ4v) is 3.93. The summed E-state index contributed by atoms with van der Waals surface area (Å²) in [6, 6.07) is 5.62. The van der Waals surface area contributed by atoms with E-state index in [1.807, 2.05) is 12.1 Å². The van der Waals surface area contributed by atoms with Gasteiger partial charge in [-0.1, -0.05) is 11.6 Å². The lowest BCUT2D eigenvalue weighted by Crippen LogP contribution is -2.27. The van der Waals surface area contributed by atoms with E-state index in [-0.39, 0.29) is 11.9 Å². The van der Waals surface area contributed by atoms with Crippen LogP contribution in [0.15, 0.2) is 23.1 Å². The Balaban J connectivity index is 1.55. The highest BCUT2D eigenvalue weighted by Gasteiger charge is 2.43. The molecule has 5 heteroatoms. The second-order valence-electron chi connectivity index (χ2n) is 5.17. The summed E-state index contributed by atoms with van der Waals surface area (Å²) in [5, 5.41) is 0.708. The highest BCUT2D eigenvalue weighted by Crippen LogP contribution is 2.40. The van der Waals surface area contributed by atoms with Gasteiger partial charge < -0.3 is 15.2 Å². The first-order chi connectivity index (χ1) is 9.17. The van der Waals surface area contributed by atoms with Crippen LogP contribution < -0.4 is 5.73 Å². The number of nitrogens with two attached hydrogens (primary N) is 1. The minimum atomic E-state index is -0.268. The number of hydrogen-bond donors (Lipinski definition) is 1. The summed E-state index contributed by atoms with van der Waals surface area (Å²) in [5.41, 5.74) is 6.38. The van der Waals surface area contributed by atoms with Crippen LogP contribution in [0.4, 0.5) is 5.69 Å². The molecule has 1 saturated carbocycles. The summed E-state index contributed by atoms with van der Waals surface area (Å²) in [7, 11) is 0. The predicted octanol–water partition coefficient (Wildman–Crippen LogP) is 3.70. The quantitative estimate of drug-likeness (QED) is 0.683. The van der Waals surface area contributed by atoms with Crippen LogP contribution >= 0.6 is 23.4 Å². The minimum Gasteiger partial charge on any atom is -0.399 e. The molecular formula is C14H18ClNO2S. The Labute approximate surface area is 122 Å². The second-order valence-corrected chi connectivity index (χ2v) is 6.64. The van der Waals surface area contributed by atoms with Crippen molar-refractivity contribution < 1.29 is 9.47 Å². The zero-order valence-electron chi connectivity index (χ0n) is 10.7. The molecule has 0 amide bonds. The van der Waals surface area contributed by atoms with Gasteiger partial charge in [0.25, 0.3) is 0 Å². The van der Waals surface area contributed by atoms with Gasteiger partial charge in [0.15, 0.2) is 5.79 Å². The molecule has 2 N–H and O–H groups in total. The standard InChI is InChI=1S/C14H18ClNO2S/c15-12-7-10(16)3-4-13(12)19-9-11-8-17-14(18-11)5-1-2-6-14/h3-4,7,11H,1-2,5-6,8-9,16H2. The fourth-order valence-electron chi connectivity index (χ4n) is 2.69. The molecule has 0 radical (unpaired) electrons. The molecule has 0 aromatic heterocycles. The number of thioether (sulfide) groups is 1. The van der Waals surface area contributed by atoms with Gasteiger partial charge in [0.1, 0.15) is 0 Å². The van der Waals surface area contributed by atoms with E-state index < -0.39 is 0 Å². The lowest BCUT2D eigenvalue weighted by Gasteiger charge is -2.21. The number of halogens is 1. The first-order valence-electron chi connectivity index (χ1n) is 6.66. The third-order valence-electron chi connectivity index (χ3n) is 3.66. The summed E-state index contributed by atoms with van der Waals surface area (Å²) in [6.07, 6.45) is 4.66. The normalized spacial score (nSPS) is 25.2. The van der Waals surface area contributed by atoms with Gasteiger partial charge in [0, 0.05) is 29.2 Å². The Morgan fingerprint density at radius 1 is 1.37 bits per heavy atom. The van der Waals surface area contributed by atoms with Crippen LogP contribution in [-0.4, -0.2) is 24.3 Å². The SMILES string of the molecule is Nc1ccc(SCC2COC3(CCCC3)O2)c(Cl)c1. The van der Waals surface area contributed by atoms with Crippen LogP contribution in [-0.2, 0) is 9.47 Å². The zero-order chi connectivity index (χ0) is 13.3. The molecule has 1 saturated heterocycles. The van der Waals surface area contributed by atoms with Crippen molar-refractivity contribution in [1.29, 1.82) is 0 Å². The Bertz CT molecular complexity index is 463. The van der Waals surface area contributed by atoms with Crippen LogP contribution in [0, 0.1) is 0 Å². The number of ether oxygens (including phenoxy) is 2. The molecule has 3 nitrogen and oxygen atoms in total. The Hall–Kier alpha value is -0.420. The van der Waals surface area contributed by atoms with E-state index in [0.29, 0.717) is 17.3 Å². The van der Waals surface area contributed by atoms with Gasteiger partial charge in [0.2, 0.25) is 0 Å². The van der Waals surface area contributed by atoms with Crippen molar-refractivity contribution in [2.75, 3.05) is 18.1 Å². The van der Waals surface area contributed by atoms with Crippen LogP contribution in [0.1, 0.15) is 25.7 Å². The molecule has 1 spiro atoms. The van der Waals surface area contributed by atoms with Crippen molar-refractivity contribution in [3.05, 3.63) is 23.2 Å². The molecule has 1 aliphatic heterocycles. The van der Waals surface area contributed by atoms with E-state index in [9.17, 15) is 0 Å². The predicted molar refractivity (Wildman–Crippen MR) is 78.6 cm³/mol. The molecule has 1 atom stereocenters. The van der Waals surface area contributed by atoms with Crippen LogP contribution in [0.5, 0.6) is 0 Å². The van der Waals surface area contributed by atoms with Crippen molar-refractivity contribution in [1.82, 2.24) is 0 Å². The average molecular weight is 300 g/mol. The van der Waals surface area contributed by atoms with Crippen molar-refractivity contribution in [3.63, 3.8) is 0 Å². The van der Waals surface area contributed by atoms with E-state index in [4.69, 9.17) is 26.8 Å². The molecule has 3 rings (SSSR count). The van der Waals surface area contributed by atoms with E-state index in [1.165, 1.54) is 12.8 Å². The summed E-state index contributed by atoms with van der Waals surface area (Å²) >= 11 is 7.87. The second kappa shape index (κ2) is 5.52. The zero-order valence-corrected chi connectivity index (χ0v) is 12.3. The molecule has 0 bridgehead atoms. The first kappa shape index (κ1) is 13.6. The summed E-state index contributed by atoms with van der Waals surface area (Å²) in [4.78, 5) is 1.05. The lowest BCUT2D eigenvalue weighted by molar-refractivity contribution is -0.159. The average Bonchev–Trinajstić information content (AvgIpc) is 2.99. The van der Waals surface area contributed by atoms with E-state index in [0.717, 1.165) is 23.5 Å². The number of benzene rings is 1. The molecule has 19 heavy (non-hydrogen) atoms. The van der Waals surface area contributed by atoms with Gasteiger partial charge in [-0.3, -0.25) is 0 Å². The summed E-state index contributed by atoms with van der Waals surface area (Å²) < 4.78 is 11.9. The molecule has 104 valence electrons. The summed E-state index contributed by atoms with van der Waals surface area (Å²) in [6.45, 7) is 0.694. The molecule has 2 fully saturated rings.